The summed E-state index contributed by atoms with van der Waals surface area (Å²) in [5, 5.41) is 2.58. The van der Waals surface area contributed by atoms with Crippen molar-refractivity contribution in [1.82, 2.24) is 4.57 Å². The molecule has 1 aliphatic rings. The van der Waals surface area contributed by atoms with Crippen LogP contribution >= 0.6 is 0 Å². The van der Waals surface area contributed by atoms with Gasteiger partial charge in [0.05, 0.1) is 11.0 Å². The SMILES string of the molecule is CC1(C)c2ccccc2-c2ccc(-n3c4ccccc4c4ccc(-c5ccccc5)cc43)cc21. The Morgan fingerprint density at radius 2 is 1.21 bits per heavy atom. The van der Waals surface area contributed by atoms with Gasteiger partial charge in [-0.05, 0) is 57.6 Å². The number of hydrogen-bond acceptors (Lipinski definition) is 0. The highest BCUT2D eigenvalue weighted by Crippen LogP contribution is 2.49. The van der Waals surface area contributed by atoms with Gasteiger partial charge < -0.3 is 4.57 Å². The predicted octanol–water partition coefficient (Wildman–Crippen LogP) is 8.76. The van der Waals surface area contributed by atoms with Crippen LogP contribution in [-0.2, 0) is 5.41 Å². The van der Waals surface area contributed by atoms with Crippen molar-refractivity contribution in [2.45, 2.75) is 19.3 Å². The summed E-state index contributed by atoms with van der Waals surface area (Å²) in [6.45, 7) is 4.70. The molecule has 0 N–H and O–H groups in total. The first kappa shape index (κ1) is 19.4. The van der Waals surface area contributed by atoms with Gasteiger partial charge in [-0.3, -0.25) is 0 Å². The van der Waals surface area contributed by atoms with Gasteiger partial charge in [0.1, 0.15) is 0 Å². The van der Waals surface area contributed by atoms with Crippen LogP contribution in [0.3, 0.4) is 0 Å². The third-order valence-electron chi connectivity index (χ3n) is 7.61. The highest BCUT2D eigenvalue weighted by Gasteiger charge is 2.35. The molecule has 0 saturated heterocycles. The van der Waals surface area contributed by atoms with Crippen molar-refractivity contribution in [3.63, 3.8) is 0 Å². The van der Waals surface area contributed by atoms with Gasteiger partial charge in [-0.15, -0.1) is 0 Å². The minimum atomic E-state index is -0.0180. The average Bonchev–Trinajstić information content (AvgIpc) is 3.33. The van der Waals surface area contributed by atoms with Crippen LogP contribution in [0.1, 0.15) is 25.0 Å². The average molecular weight is 436 g/mol. The molecule has 1 nitrogen and oxygen atoms in total. The summed E-state index contributed by atoms with van der Waals surface area (Å²) in [7, 11) is 0. The maximum atomic E-state index is 2.44. The topological polar surface area (TPSA) is 4.93 Å². The lowest BCUT2D eigenvalue weighted by Crippen LogP contribution is -2.15. The maximum Gasteiger partial charge on any atom is 0.0547 e. The van der Waals surface area contributed by atoms with Gasteiger partial charge in [0.25, 0.3) is 0 Å². The molecule has 0 radical (unpaired) electrons. The number of para-hydroxylation sites is 1. The molecule has 0 bridgehead atoms. The van der Waals surface area contributed by atoms with E-state index in [1.165, 1.54) is 60.9 Å². The van der Waals surface area contributed by atoms with Gasteiger partial charge in [-0.25, -0.2) is 0 Å². The van der Waals surface area contributed by atoms with Crippen LogP contribution in [0, 0.1) is 0 Å². The van der Waals surface area contributed by atoms with Crippen LogP contribution in [0.4, 0.5) is 0 Å². The summed E-state index contributed by atoms with van der Waals surface area (Å²) in [4.78, 5) is 0. The second-order valence-corrected chi connectivity index (χ2v) is 9.85. The van der Waals surface area contributed by atoms with E-state index in [-0.39, 0.29) is 5.41 Å². The molecule has 6 aromatic rings. The summed E-state index contributed by atoms with van der Waals surface area (Å²) in [6.07, 6.45) is 0. The summed E-state index contributed by atoms with van der Waals surface area (Å²) >= 11 is 0. The van der Waals surface area contributed by atoms with Crippen LogP contribution in [0.5, 0.6) is 0 Å². The molecule has 1 heteroatoms. The Labute approximate surface area is 199 Å². The number of fused-ring (bicyclic) bond motifs is 6. The fourth-order valence-electron chi connectivity index (χ4n) is 5.89. The number of hydrogen-bond donors (Lipinski definition) is 0. The van der Waals surface area contributed by atoms with Crippen molar-refractivity contribution < 1.29 is 0 Å². The Hall–Kier alpha value is -4.10. The van der Waals surface area contributed by atoms with E-state index in [4.69, 9.17) is 0 Å². The van der Waals surface area contributed by atoms with Gasteiger partial charge in [-0.1, -0.05) is 105 Å². The Balaban J connectivity index is 1.51. The number of rotatable bonds is 2. The zero-order chi connectivity index (χ0) is 22.9. The Morgan fingerprint density at radius 1 is 0.500 bits per heavy atom. The van der Waals surface area contributed by atoms with Gasteiger partial charge in [0.2, 0.25) is 0 Å². The molecule has 0 aliphatic heterocycles. The molecule has 5 aromatic carbocycles. The molecule has 162 valence electrons. The van der Waals surface area contributed by atoms with Crippen molar-refractivity contribution in [2.24, 2.45) is 0 Å². The van der Waals surface area contributed by atoms with E-state index in [1.54, 1.807) is 0 Å². The molecule has 1 heterocycles. The van der Waals surface area contributed by atoms with E-state index < -0.39 is 0 Å². The van der Waals surface area contributed by atoms with E-state index in [9.17, 15) is 0 Å². The smallest absolute Gasteiger partial charge is 0.0547 e. The van der Waals surface area contributed by atoms with Crippen molar-refractivity contribution in [3.05, 3.63) is 126 Å². The second-order valence-electron chi connectivity index (χ2n) is 9.85. The third kappa shape index (κ3) is 2.61. The minimum Gasteiger partial charge on any atom is -0.309 e. The summed E-state index contributed by atoms with van der Waals surface area (Å²) < 4.78 is 2.44. The molecule has 1 aliphatic carbocycles. The van der Waals surface area contributed by atoms with Crippen LogP contribution in [-0.4, -0.2) is 4.57 Å². The lowest BCUT2D eigenvalue weighted by atomic mass is 9.82. The lowest BCUT2D eigenvalue weighted by molar-refractivity contribution is 0.660. The van der Waals surface area contributed by atoms with E-state index in [0.717, 1.165) is 0 Å². The van der Waals surface area contributed by atoms with Crippen molar-refractivity contribution >= 4 is 21.8 Å². The lowest BCUT2D eigenvalue weighted by Gasteiger charge is -2.22. The van der Waals surface area contributed by atoms with Gasteiger partial charge in [0, 0.05) is 21.9 Å². The zero-order valence-corrected chi connectivity index (χ0v) is 19.4. The van der Waals surface area contributed by atoms with Gasteiger partial charge in [-0.2, -0.15) is 0 Å². The quantitative estimate of drug-likeness (QED) is 0.256. The van der Waals surface area contributed by atoms with E-state index >= 15 is 0 Å². The summed E-state index contributed by atoms with van der Waals surface area (Å²) in [5.41, 5.74) is 11.7. The Morgan fingerprint density at radius 3 is 2.09 bits per heavy atom. The zero-order valence-electron chi connectivity index (χ0n) is 19.4. The molecule has 1 aromatic heterocycles. The molecule has 34 heavy (non-hydrogen) atoms. The molecule has 0 unspecified atom stereocenters. The molecule has 0 amide bonds. The number of nitrogens with zero attached hydrogens (tertiary/aromatic N) is 1. The molecule has 0 atom stereocenters. The monoisotopic (exact) mass is 435 g/mol. The van der Waals surface area contributed by atoms with Gasteiger partial charge >= 0.3 is 0 Å². The van der Waals surface area contributed by atoms with Crippen molar-refractivity contribution in [1.29, 1.82) is 0 Å². The second kappa shape index (κ2) is 6.95. The van der Waals surface area contributed by atoms with E-state index in [1.807, 2.05) is 0 Å². The first-order valence-electron chi connectivity index (χ1n) is 12.0. The standard InChI is InChI=1S/C33H25N/c1-33(2)29-14-8-6-12-25(29)26-19-17-24(21-30(26)33)34-31-15-9-7-13-27(31)28-18-16-23(20-32(28)34)22-10-4-3-5-11-22/h3-21H,1-2H3. The van der Waals surface area contributed by atoms with Crippen LogP contribution in [0.2, 0.25) is 0 Å². The van der Waals surface area contributed by atoms with E-state index in [0.29, 0.717) is 0 Å². The Bertz CT molecular complexity index is 1720. The van der Waals surface area contributed by atoms with Crippen LogP contribution in [0.25, 0.3) is 49.7 Å². The number of aromatic nitrogens is 1. The van der Waals surface area contributed by atoms with Crippen LogP contribution < -0.4 is 0 Å². The molecular formula is C33H25N. The summed E-state index contributed by atoms with van der Waals surface area (Å²) in [5.74, 6) is 0. The first-order chi connectivity index (χ1) is 16.6. The molecule has 7 rings (SSSR count). The fourth-order valence-corrected chi connectivity index (χ4v) is 5.89. The largest absolute Gasteiger partial charge is 0.309 e. The molecule has 0 fully saturated rings. The van der Waals surface area contributed by atoms with Gasteiger partial charge in [0.15, 0.2) is 0 Å². The van der Waals surface area contributed by atoms with E-state index in [2.05, 4.69) is 134 Å². The fraction of sp³-hybridized carbons (Fsp3) is 0.0909. The molecule has 0 saturated carbocycles. The first-order valence-corrected chi connectivity index (χ1v) is 12.0. The van der Waals surface area contributed by atoms with Crippen LogP contribution in [0.15, 0.2) is 115 Å². The predicted molar refractivity (Wildman–Crippen MR) is 144 cm³/mol. The maximum absolute atomic E-state index is 2.44. The normalized spacial score (nSPS) is 13.8. The van der Waals surface area contributed by atoms with Crippen molar-refractivity contribution in [2.75, 3.05) is 0 Å². The Kier molecular flexibility index (Phi) is 3.96. The highest BCUT2D eigenvalue weighted by atomic mass is 15.0. The van der Waals surface area contributed by atoms with Crippen molar-refractivity contribution in [3.8, 4) is 27.9 Å². The molecular weight excluding hydrogens is 410 g/mol. The minimum absolute atomic E-state index is 0.0180. The summed E-state index contributed by atoms with van der Waals surface area (Å²) in [6, 6.07) is 42.2. The highest BCUT2D eigenvalue weighted by molar-refractivity contribution is 6.10. The number of benzene rings is 5. The molecule has 0 spiro atoms. The third-order valence-corrected chi connectivity index (χ3v) is 7.61.